The van der Waals surface area contributed by atoms with Crippen LogP contribution in [0.15, 0.2) is 73.3 Å². The Morgan fingerprint density at radius 2 is 1.72 bits per heavy atom. The van der Waals surface area contributed by atoms with Crippen LogP contribution in [0.5, 0.6) is 0 Å². The lowest BCUT2D eigenvalue weighted by atomic mass is 10.1. The third-order valence-electron chi connectivity index (χ3n) is 5.03. The van der Waals surface area contributed by atoms with Crippen LogP contribution in [0.25, 0.3) is 10.4 Å². The van der Waals surface area contributed by atoms with Crippen LogP contribution in [0.3, 0.4) is 0 Å². The second kappa shape index (κ2) is 11.4. The summed E-state index contributed by atoms with van der Waals surface area (Å²) in [6.45, 7) is 5.73. The molecule has 4 N–H and O–H groups in total. The molecule has 0 saturated heterocycles. The molecule has 2 amide bonds. The van der Waals surface area contributed by atoms with Crippen LogP contribution in [0.2, 0.25) is 0 Å². The Hall–Kier alpha value is -3.29. The molecule has 2 atom stereocenters. The van der Waals surface area contributed by atoms with Gasteiger partial charge >= 0.3 is 0 Å². The molecule has 0 fully saturated rings. The molecule has 6 nitrogen and oxygen atoms in total. The van der Waals surface area contributed by atoms with Gasteiger partial charge in [0, 0.05) is 19.0 Å². The van der Waals surface area contributed by atoms with E-state index in [1.165, 1.54) is 11.3 Å². The number of benzene rings is 2. The summed E-state index contributed by atoms with van der Waals surface area (Å²) in [5.74, 6) is -0.699. The largest absolute Gasteiger partial charge is 0.350 e. The average molecular weight is 449 g/mol. The zero-order valence-corrected chi connectivity index (χ0v) is 18.9. The summed E-state index contributed by atoms with van der Waals surface area (Å²) < 4.78 is 0. The Bertz CT molecular complexity index is 1050. The highest BCUT2D eigenvalue weighted by atomic mass is 32.1. The molecule has 0 saturated carbocycles. The van der Waals surface area contributed by atoms with Crippen molar-refractivity contribution in [2.75, 3.05) is 6.54 Å². The lowest BCUT2D eigenvalue weighted by Gasteiger charge is -2.22. The smallest absolute Gasteiger partial charge is 0.244 e. The molecule has 0 aliphatic carbocycles. The number of nitrogens with zero attached hydrogens (tertiary/aromatic N) is 1. The number of rotatable bonds is 10. The van der Waals surface area contributed by atoms with Gasteiger partial charge in [0.25, 0.3) is 0 Å². The van der Waals surface area contributed by atoms with Crippen LogP contribution < -0.4 is 16.4 Å². The van der Waals surface area contributed by atoms with E-state index in [4.69, 9.17) is 5.73 Å². The molecular formula is C25H28N4O2S. The van der Waals surface area contributed by atoms with Gasteiger partial charge < -0.3 is 16.4 Å². The first-order valence-corrected chi connectivity index (χ1v) is 11.3. The summed E-state index contributed by atoms with van der Waals surface area (Å²) in [6.07, 6.45) is 2.05. The van der Waals surface area contributed by atoms with E-state index in [-0.39, 0.29) is 24.9 Å². The molecule has 0 spiro atoms. The van der Waals surface area contributed by atoms with Crippen molar-refractivity contribution in [3.63, 3.8) is 0 Å². The van der Waals surface area contributed by atoms with Crippen molar-refractivity contribution in [1.29, 1.82) is 0 Å². The molecule has 3 rings (SSSR count). The summed E-state index contributed by atoms with van der Waals surface area (Å²) in [7, 11) is 0. The fourth-order valence-corrected chi connectivity index (χ4v) is 4.52. The first-order valence-electron chi connectivity index (χ1n) is 10.5. The van der Waals surface area contributed by atoms with Crippen molar-refractivity contribution in [2.45, 2.75) is 31.8 Å². The van der Waals surface area contributed by atoms with E-state index in [9.17, 15) is 9.59 Å². The highest BCUT2D eigenvalue weighted by Crippen LogP contribution is 2.30. The second-order valence-electron chi connectivity index (χ2n) is 7.49. The summed E-state index contributed by atoms with van der Waals surface area (Å²) in [5, 5.41) is 6.49. The maximum Gasteiger partial charge on any atom is 0.244 e. The molecule has 1 heterocycles. The molecule has 2 aromatic carbocycles. The highest BCUT2D eigenvalue weighted by molar-refractivity contribution is 7.15. The molecule has 1 aromatic heterocycles. The van der Waals surface area contributed by atoms with Crippen LogP contribution in [-0.2, 0) is 22.4 Å². The molecule has 7 heteroatoms. The molecule has 0 radical (unpaired) electrons. The van der Waals surface area contributed by atoms with Crippen molar-refractivity contribution in [3.05, 3.63) is 89.6 Å². The quantitative estimate of drug-likeness (QED) is 0.415. The fraction of sp³-hybridized carbons (Fsp3) is 0.240. The number of hydrogen-bond acceptors (Lipinski definition) is 5. The number of carbonyl (C=O) groups excluding carboxylic acids is 2. The van der Waals surface area contributed by atoms with E-state index >= 15 is 0 Å². The van der Waals surface area contributed by atoms with E-state index < -0.39 is 11.9 Å². The zero-order valence-electron chi connectivity index (χ0n) is 18.1. The van der Waals surface area contributed by atoms with Gasteiger partial charge in [-0.15, -0.1) is 11.3 Å². The molecule has 3 aromatic rings. The van der Waals surface area contributed by atoms with E-state index in [0.717, 1.165) is 32.8 Å². The van der Waals surface area contributed by atoms with Crippen LogP contribution in [-0.4, -0.2) is 35.4 Å². The number of carbonyl (C=O) groups is 2. The molecule has 0 aliphatic rings. The van der Waals surface area contributed by atoms with Gasteiger partial charge in [-0.05, 0) is 30.5 Å². The number of aromatic nitrogens is 1. The predicted octanol–water partition coefficient (Wildman–Crippen LogP) is 3.02. The molecule has 0 aliphatic heterocycles. The Kier molecular flexibility index (Phi) is 8.30. The normalized spacial score (nSPS) is 12.6. The van der Waals surface area contributed by atoms with Crippen LogP contribution in [0, 0.1) is 6.92 Å². The van der Waals surface area contributed by atoms with Gasteiger partial charge in [-0.25, -0.2) is 4.98 Å². The number of thiazole rings is 1. The SMILES string of the molecule is C=CC(=O)N[C@@H](Cc1nc(C)c(-c2ccccc2)s1)C(=O)N[C@H](CN)Cc1ccccc1. The van der Waals surface area contributed by atoms with Crippen molar-refractivity contribution in [1.82, 2.24) is 15.6 Å². The Balaban J connectivity index is 1.75. The van der Waals surface area contributed by atoms with Crippen LogP contribution in [0.1, 0.15) is 16.3 Å². The maximum absolute atomic E-state index is 13.1. The van der Waals surface area contributed by atoms with Gasteiger partial charge in [0.2, 0.25) is 11.8 Å². The first-order chi connectivity index (χ1) is 15.5. The minimum Gasteiger partial charge on any atom is -0.350 e. The molecule has 0 unspecified atom stereocenters. The first kappa shape index (κ1) is 23.4. The minimum atomic E-state index is -0.778. The van der Waals surface area contributed by atoms with Crippen LogP contribution in [0.4, 0.5) is 0 Å². The van der Waals surface area contributed by atoms with Crippen molar-refractivity contribution in [2.24, 2.45) is 5.73 Å². The molecular weight excluding hydrogens is 420 g/mol. The number of amides is 2. The average Bonchev–Trinajstić information content (AvgIpc) is 3.19. The summed E-state index contributed by atoms with van der Waals surface area (Å²) >= 11 is 1.53. The fourth-order valence-electron chi connectivity index (χ4n) is 3.41. The van der Waals surface area contributed by atoms with Gasteiger partial charge in [0.05, 0.1) is 15.6 Å². The highest BCUT2D eigenvalue weighted by Gasteiger charge is 2.25. The lowest BCUT2D eigenvalue weighted by molar-refractivity contribution is -0.127. The molecule has 32 heavy (non-hydrogen) atoms. The molecule has 166 valence electrons. The Morgan fingerprint density at radius 1 is 1.06 bits per heavy atom. The Labute approximate surface area is 192 Å². The van der Waals surface area contributed by atoms with Gasteiger partial charge in [0.1, 0.15) is 6.04 Å². The number of hydrogen-bond donors (Lipinski definition) is 3. The summed E-state index contributed by atoms with van der Waals surface area (Å²) in [6, 6.07) is 18.8. The minimum absolute atomic E-state index is 0.244. The standard InChI is InChI=1S/C25H28N4O2S/c1-3-22(30)29-21(25(31)28-20(16-26)14-18-10-6-4-7-11-18)15-23-27-17(2)24(32-23)19-12-8-5-9-13-19/h3-13,20-21H,1,14-16,26H2,2H3,(H,28,31)(H,29,30)/t20-,21-/m0/s1. The van der Waals surface area contributed by atoms with E-state index in [1.54, 1.807) is 0 Å². The van der Waals surface area contributed by atoms with Crippen molar-refractivity contribution in [3.8, 4) is 10.4 Å². The number of nitrogens with two attached hydrogens (primary N) is 1. The van der Waals surface area contributed by atoms with E-state index in [2.05, 4.69) is 22.2 Å². The number of aryl methyl sites for hydroxylation is 1. The topological polar surface area (TPSA) is 97.1 Å². The monoisotopic (exact) mass is 448 g/mol. The molecule has 0 bridgehead atoms. The van der Waals surface area contributed by atoms with Gasteiger partial charge in [-0.1, -0.05) is 67.2 Å². The van der Waals surface area contributed by atoms with Gasteiger partial charge in [-0.3, -0.25) is 9.59 Å². The lowest BCUT2D eigenvalue weighted by Crippen LogP contribution is -2.52. The third kappa shape index (κ3) is 6.35. The predicted molar refractivity (Wildman–Crippen MR) is 129 cm³/mol. The maximum atomic E-state index is 13.1. The van der Waals surface area contributed by atoms with Crippen molar-refractivity contribution < 1.29 is 9.59 Å². The van der Waals surface area contributed by atoms with Crippen LogP contribution >= 0.6 is 11.3 Å². The van der Waals surface area contributed by atoms with Gasteiger partial charge in [0.15, 0.2) is 0 Å². The van der Waals surface area contributed by atoms with E-state index in [1.807, 2.05) is 67.6 Å². The van der Waals surface area contributed by atoms with Crippen molar-refractivity contribution >= 4 is 23.2 Å². The second-order valence-corrected chi connectivity index (χ2v) is 8.57. The Morgan fingerprint density at radius 3 is 2.34 bits per heavy atom. The third-order valence-corrected chi connectivity index (χ3v) is 6.26. The summed E-state index contributed by atoms with van der Waals surface area (Å²) in [5.41, 5.74) is 8.97. The number of nitrogens with one attached hydrogen (secondary N) is 2. The van der Waals surface area contributed by atoms with E-state index in [0.29, 0.717) is 6.42 Å². The summed E-state index contributed by atoms with van der Waals surface area (Å²) in [4.78, 5) is 30.8. The van der Waals surface area contributed by atoms with Gasteiger partial charge in [-0.2, -0.15) is 0 Å². The zero-order chi connectivity index (χ0) is 22.9.